The molecule has 0 unspecified atom stereocenters. The molecule has 0 aliphatic carbocycles. The number of fused-ring (bicyclic) bond motifs is 2. The zero-order chi connectivity index (χ0) is 17.4. The summed E-state index contributed by atoms with van der Waals surface area (Å²) in [7, 11) is 0. The number of aromatic amines is 1. The summed E-state index contributed by atoms with van der Waals surface area (Å²) in [5.74, 6) is 1.11. The Balaban J connectivity index is 1.76. The van der Waals surface area contributed by atoms with Crippen LogP contribution in [0.25, 0.3) is 21.8 Å². The van der Waals surface area contributed by atoms with E-state index in [1.165, 1.54) is 0 Å². The summed E-state index contributed by atoms with van der Waals surface area (Å²) >= 11 is 0. The van der Waals surface area contributed by atoms with Crippen molar-refractivity contribution in [1.82, 2.24) is 9.97 Å². The molecule has 0 fully saturated rings. The van der Waals surface area contributed by atoms with E-state index in [1.54, 1.807) is 24.4 Å². The monoisotopic (exact) mass is 336 g/mol. The van der Waals surface area contributed by atoms with E-state index in [2.05, 4.69) is 9.97 Å². The third-order valence-corrected chi connectivity index (χ3v) is 4.04. The van der Waals surface area contributed by atoms with Crippen LogP contribution in [0.4, 0.5) is 4.39 Å². The largest absolute Gasteiger partial charge is 0.494 e. The number of hydrogen-bond acceptors (Lipinski definition) is 3. The Morgan fingerprint density at radius 1 is 1.04 bits per heavy atom. The van der Waals surface area contributed by atoms with Crippen molar-refractivity contribution >= 4 is 21.8 Å². The average molecular weight is 336 g/mol. The number of rotatable bonds is 4. The Morgan fingerprint density at radius 2 is 1.92 bits per heavy atom. The maximum atomic E-state index is 14.8. The molecule has 4 rings (SSSR count). The number of benzene rings is 2. The molecular weight excluding hydrogens is 319 g/mol. The van der Waals surface area contributed by atoms with Gasteiger partial charge in [0.05, 0.1) is 12.1 Å². The number of nitrogens with one attached hydrogen (secondary N) is 1. The molecule has 0 saturated carbocycles. The van der Waals surface area contributed by atoms with E-state index in [0.29, 0.717) is 17.7 Å². The molecule has 25 heavy (non-hydrogen) atoms. The molecule has 0 atom stereocenters. The van der Waals surface area contributed by atoms with Gasteiger partial charge in [0.15, 0.2) is 11.6 Å². The second-order valence-electron chi connectivity index (χ2n) is 5.81. The van der Waals surface area contributed by atoms with Crippen LogP contribution >= 0.6 is 0 Å². The Labute approximate surface area is 144 Å². The third kappa shape index (κ3) is 2.78. The van der Waals surface area contributed by atoms with Crippen LogP contribution < -0.4 is 9.47 Å². The van der Waals surface area contributed by atoms with Crippen LogP contribution in [0.2, 0.25) is 0 Å². The molecule has 0 radical (unpaired) electrons. The average Bonchev–Trinajstić information content (AvgIpc) is 2.99. The number of aryl methyl sites for hydroxylation is 1. The minimum absolute atomic E-state index is 0.188. The Kier molecular flexibility index (Phi) is 3.76. The second-order valence-corrected chi connectivity index (χ2v) is 5.81. The normalized spacial score (nSPS) is 11.2. The van der Waals surface area contributed by atoms with E-state index in [-0.39, 0.29) is 11.6 Å². The number of pyridine rings is 1. The first kappa shape index (κ1) is 15.4. The van der Waals surface area contributed by atoms with Gasteiger partial charge in [-0.1, -0.05) is 0 Å². The molecule has 126 valence electrons. The lowest BCUT2D eigenvalue weighted by Crippen LogP contribution is -1.93. The highest BCUT2D eigenvalue weighted by atomic mass is 19.1. The molecule has 1 N–H and O–H groups in total. The molecule has 0 saturated heterocycles. The summed E-state index contributed by atoms with van der Waals surface area (Å²) < 4.78 is 26.1. The molecular formula is C20H17FN2O2. The Hall–Kier alpha value is -3.08. The van der Waals surface area contributed by atoms with E-state index < -0.39 is 0 Å². The lowest BCUT2D eigenvalue weighted by Gasteiger charge is -2.11. The van der Waals surface area contributed by atoms with Crippen LogP contribution in [0.5, 0.6) is 17.2 Å². The fraction of sp³-hybridized carbons (Fsp3) is 0.150. The van der Waals surface area contributed by atoms with Crippen molar-refractivity contribution < 1.29 is 13.9 Å². The molecule has 0 aliphatic heterocycles. The molecule has 2 aromatic heterocycles. The van der Waals surface area contributed by atoms with Gasteiger partial charge < -0.3 is 14.5 Å². The molecule has 5 heteroatoms. The van der Waals surface area contributed by atoms with Crippen molar-refractivity contribution in [3.63, 3.8) is 0 Å². The summed E-state index contributed by atoms with van der Waals surface area (Å²) in [6, 6.07) is 12.5. The van der Waals surface area contributed by atoms with E-state index in [9.17, 15) is 4.39 Å². The lowest BCUT2D eigenvalue weighted by molar-refractivity contribution is 0.340. The maximum Gasteiger partial charge on any atom is 0.175 e. The van der Waals surface area contributed by atoms with Gasteiger partial charge in [-0.3, -0.25) is 4.98 Å². The smallest absolute Gasteiger partial charge is 0.175 e. The molecule has 4 nitrogen and oxygen atoms in total. The molecule has 2 heterocycles. The molecule has 0 amide bonds. The van der Waals surface area contributed by atoms with Crippen molar-refractivity contribution in [3.05, 3.63) is 60.2 Å². The summed E-state index contributed by atoms with van der Waals surface area (Å²) in [4.78, 5) is 7.46. The number of ether oxygens (including phenoxy) is 2. The molecule has 0 bridgehead atoms. The van der Waals surface area contributed by atoms with Crippen molar-refractivity contribution in [2.45, 2.75) is 13.8 Å². The first-order valence-corrected chi connectivity index (χ1v) is 8.13. The van der Waals surface area contributed by atoms with Crippen LogP contribution in [0, 0.1) is 12.7 Å². The first-order valence-electron chi connectivity index (χ1n) is 8.13. The molecule has 4 aromatic rings. The number of aromatic nitrogens is 2. The SMILES string of the molecule is CCOc1ccc2c(Oc3ccc4[nH]c(C)cc4c3F)ccnc2c1. The van der Waals surface area contributed by atoms with Gasteiger partial charge in [0.25, 0.3) is 0 Å². The van der Waals surface area contributed by atoms with Gasteiger partial charge in [-0.2, -0.15) is 0 Å². The topological polar surface area (TPSA) is 47.1 Å². The number of halogens is 1. The highest BCUT2D eigenvalue weighted by molar-refractivity contribution is 5.87. The molecule has 2 aromatic carbocycles. The Bertz CT molecular complexity index is 1070. The standard InChI is InChI=1S/C20H17FN2O2/c1-3-24-13-4-5-14-17(11-13)22-9-8-18(14)25-19-7-6-16-15(20(19)21)10-12(2)23-16/h4-11,23H,3H2,1-2H3. The number of hydrogen-bond donors (Lipinski definition) is 1. The van der Waals surface area contributed by atoms with Crippen LogP contribution in [0.3, 0.4) is 0 Å². The van der Waals surface area contributed by atoms with Gasteiger partial charge in [-0.05, 0) is 50.2 Å². The minimum atomic E-state index is -0.377. The van der Waals surface area contributed by atoms with E-state index >= 15 is 0 Å². The van der Waals surface area contributed by atoms with Gasteiger partial charge in [0, 0.05) is 34.2 Å². The minimum Gasteiger partial charge on any atom is -0.494 e. The van der Waals surface area contributed by atoms with Gasteiger partial charge >= 0.3 is 0 Å². The van der Waals surface area contributed by atoms with Gasteiger partial charge in [0.2, 0.25) is 0 Å². The highest BCUT2D eigenvalue weighted by Crippen LogP contribution is 2.34. The summed E-state index contributed by atoms with van der Waals surface area (Å²) in [5.41, 5.74) is 2.40. The zero-order valence-corrected chi connectivity index (χ0v) is 14.0. The lowest BCUT2D eigenvalue weighted by atomic mass is 10.2. The maximum absolute atomic E-state index is 14.8. The second kappa shape index (κ2) is 6.09. The van der Waals surface area contributed by atoms with Crippen molar-refractivity contribution in [3.8, 4) is 17.2 Å². The molecule has 0 spiro atoms. The fourth-order valence-corrected chi connectivity index (χ4v) is 2.93. The van der Waals surface area contributed by atoms with Crippen LogP contribution in [0.1, 0.15) is 12.6 Å². The summed E-state index contributed by atoms with van der Waals surface area (Å²) in [6.07, 6.45) is 1.64. The predicted molar refractivity (Wildman–Crippen MR) is 96.0 cm³/mol. The van der Waals surface area contributed by atoms with Crippen molar-refractivity contribution in [1.29, 1.82) is 0 Å². The van der Waals surface area contributed by atoms with Crippen LogP contribution in [-0.2, 0) is 0 Å². The van der Waals surface area contributed by atoms with E-state index in [0.717, 1.165) is 27.9 Å². The fourth-order valence-electron chi connectivity index (χ4n) is 2.93. The summed E-state index contributed by atoms with van der Waals surface area (Å²) in [5, 5.41) is 1.32. The quantitative estimate of drug-likeness (QED) is 0.546. The Morgan fingerprint density at radius 3 is 2.76 bits per heavy atom. The van der Waals surface area contributed by atoms with Gasteiger partial charge in [0.1, 0.15) is 11.5 Å². The molecule has 0 aliphatic rings. The predicted octanol–water partition coefficient (Wildman–Crippen LogP) is 5.35. The van der Waals surface area contributed by atoms with Crippen molar-refractivity contribution in [2.75, 3.05) is 6.61 Å². The van der Waals surface area contributed by atoms with Gasteiger partial charge in [-0.15, -0.1) is 0 Å². The number of H-pyrrole nitrogens is 1. The summed E-state index contributed by atoms with van der Waals surface area (Å²) in [6.45, 7) is 4.41. The first-order chi connectivity index (χ1) is 12.2. The van der Waals surface area contributed by atoms with E-state index in [4.69, 9.17) is 9.47 Å². The highest BCUT2D eigenvalue weighted by Gasteiger charge is 2.13. The third-order valence-electron chi connectivity index (χ3n) is 4.04. The zero-order valence-electron chi connectivity index (χ0n) is 14.0. The van der Waals surface area contributed by atoms with Crippen LogP contribution in [-0.4, -0.2) is 16.6 Å². The van der Waals surface area contributed by atoms with Gasteiger partial charge in [-0.25, -0.2) is 4.39 Å². The van der Waals surface area contributed by atoms with Crippen LogP contribution in [0.15, 0.2) is 48.7 Å². The van der Waals surface area contributed by atoms with Crippen molar-refractivity contribution in [2.24, 2.45) is 0 Å². The number of nitrogens with zero attached hydrogens (tertiary/aromatic N) is 1. The van der Waals surface area contributed by atoms with E-state index in [1.807, 2.05) is 38.1 Å².